The lowest BCUT2D eigenvalue weighted by atomic mass is 10.3. The molecule has 13 heteroatoms. The van der Waals surface area contributed by atoms with E-state index in [9.17, 15) is 21.6 Å². The Kier molecular flexibility index (Phi) is 9.60. The van der Waals surface area contributed by atoms with Crippen LogP contribution in [0, 0.1) is 0 Å². The van der Waals surface area contributed by atoms with Crippen molar-refractivity contribution in [3.8, 4) is 11.5 Å². The quantitative estimate of drug-likeness (QED) is 0.326. The molecule has 3 aromatic carbocycles. The minimum absolute atomic E-state index is 0.0193. The number of ether oxygens (including phenoxy) is 2. The van der Waals surface area contributed by atoms with E-state index >= 15 is 0 Å². The molecule has 0 unspecified atom stereocenters. The Labute approximate surface area is 227 Å². The summed E-state index contributed by atoms with van der Waals surface area (Å²) in [5, 5.41) is 2.95. The van der Waals surface area contributed by atoms with Gasteiger partial charge in [0.1, 0.15) is 24.7 Å². The van der Waals surface area contributed by atoms with Gasteiger partial charge in [0.2, 0.25) is 15.9 Å². The first-order valence-corrected chi connectivity index (χ1v) is 14.6. The molecule has 0 aliphatic heterocycles. The lowest BCUT2D eigenvalue weighted by molar-refractivity contribution is -0.119. The summed E-state index contributed by atoms with van der Waals surface area (Å²) in [6, 6.07) is 17.9. The summed E-state index contributed by atoms with van der Waals surface area (Å²) in [5.74, 6) is 0.350. The van der Waals surface area contributed by atoms with Crippen molar-refractivity contribution in [1.29, 1.82) is 0 Å². The van der Waals surface area contributed by atoms with E-state index in [1.807, 2.05) is 0 Å². The summed E-state index contributed by atoms with van der Waals surface area (Å²) < 4.78 is 63.9. The SMILES string of the molecule is COc1ccc(S(=O)(=O)N(CC(=O)NCCOc2ccc(S(=O)(=O)N(C)C)cc2)c2cccc(Cl)c2)cc1. The van der Waals surface area contributed by atoms with Gasteiger partial charge in [0.05, 0.1) is 29.1 Å². The number of anilines is 1. The van der Waals surface area contributed by atoms with Crippen LogP contribution in [0.15, 0.2) is 82.6 Å². The van der Waals surface area contributed by atoms with Crippen molar-refractivity contribution in [3.05, 3.63) is 77.8 Å². The molecule has 0 aliphatic rings. The highest BCUT2D eigenvalue weighted by molar-refractivity contribution is 7.92. The molecule has 0 aliphatic carbocycles. The molecule has 0 spiro atoms. The van der Waals surface area contributed by atoms with Crippen LogP contribution < -0.4 is 19.1 Å². The van der Waals surface area contributed by atoms with Crippen molar-refractivity contribution < 1.29 is 31.1 Å². The maximum Gasteiger partial charge on any atom is 0.264 e. The number of sulfonamides is 2. The number of carbonyl (C=O) groups is 1. The minimum Gasteiger partial charge on any atom is -0.497 e. The van der Waals surface area contributed by atoms with Gasteiger partial charge in [0.15, 0.2) is 0 Å². The van der Waals surface area contributed by atoms with Gasteiger partial charge >= 0.3 is 0 Å². The van der Waals surface area contributed by atoms with Gasteiger partial charge in [-0.15, -0.1) is 0 Å². The molecular formula is C25H28ClN3O7S2. The molecule has 0 heterocycles. The van der Waals surface area contributed by atoms with Crippen molar-refractivity contribution >= 4 is 43.2 Å². The third-order valence-electron chi connectivity index (χ3n) is 5.33. The summed E-state index contributed by atoms with van der Waals surface area (Å²) in [6.07, 6.45) is 0. The summed E-state index contributed by atoms with van der Waals surface area (Å²) in [4.78, 5) is 12.8. The van der Waals surface area contributed by atoms with Crippen molar-refractivity contribution in [2.45, 2.75) is 9.79 Å². The van der Waals surface area contributed by atoms with E-state index in [1.54, 1.807) is 18.2 Å². The molecule has 1 N–H and O–H groups in total. The van der Waals surface area contributed by atoms with Crippen LogP contribution in [0.5, 0.6) is 11.5 Å². The van der Waals surface area contributed by atoms with E-state index in [2.05, 4.69) is 5.32 Å². The van der Waals surface area contributed by atoms with Crippen LogP contribution in [0.25, 0.3) is 0 Å². The van der Waals surface area contributed by atoms with E-state index in [4.69, 9.17) is 21.1 Å². The number of hydrogen-bond donors (Lipinski definition) is 1. The minimum atomic E-state index is -4.11. The molecular weight excluding hydrogens is 554 g/mol. The number of carbonyl (C=O) groups excluding carboxylic acids is 1. The van der Waals surface area contributed by atoms with Crippen molar-refractivity contribution in [2.24, 2.45) is 0 Å². The van der Waals surface area contributed by atoms with Crippen LogP contribution in [-0.4, -0.2) is 67.9 Å². The van der Waals surface area contributed by atoms with E-state index in [1.165, 1.54) is 75.8 Å². The second kappa shape index (κ2) is 12.5. The first-order chi connectivity index (χ1) is 17.9. The molecule has 10 nitrogen and oxygen atoms in total. The molecule has 0 atom stereocenters. The highest BCUT2D eigenvalue weighted by Crippen LogP contribution is 2.27. The van der Waals surface area contributed by atoms with Gasteiger partial charge in [-0.05, 0) is 66.7 Å². The maximum atomic E-state index is 13.4. The third-order valence-corrected chi connectivity index (χ3v) is 9.18. The average molecular weight is 582 g/mol. The number of nitrogens with zero attached hydrogens (tertiary/aromatic N) is 2. The van der Waals surface area contributed by atoms with Crippen LogP contribution in [0.1, 0.15) is 0 Å². The standard InChI is InChI=1S/C25H28ClN3O7S2/c1-28(2)37(31,32)23-13-9-22(10-14-23)36-16-15-27-25(30)18-29(20-6-4-5-19(26)17-20)38(33,34)24-11-7-21(35-3)8-12-24/h4-14,17H,15-16,18H2,1-3H3,(H,27,30). The monoisotopic (exact) mass is 581 g/mol. The van der Waals surface area contributed by atoms with Crippen LogP contribution in [-0.2, 0) is 24.8 Å². The summed E-state index contributed by atoms with van der Waals surface area (Å²) in [5.41, 5.74) is 0.229. The predicted octanol–water partition coefficient (Wildman–Crippen LogP) is 2.99. The molecule has 0 radical (unpaired) electrons. The van der Waals surface area contributed by atoms with Gasteiger partial charge < -0.3 is 14.8 Å². The fourth-order valence-electron chi connectivity index (χ4n) is 3.29. The van der Waals surface area contributed by atoms with Crippen molar-refractivity contribution in [3.63, 3.8) is 0 Å². The van der Waals surface area contributed by atoms with Crippen LogP contribution in [0.3, 0.4) is 0 Å². The van der Waals surface area contributed by atoms with Gasteiger partial charge in [-0.3, -0.25) is 9.10 Å². The topological polar surface area (TPSA) is 122 Å². The summed E-state index contributed by atoms with van der Waals surface area (Å²) in [6.45, 7) is -0.331. The van der Waals surface area contributed by atoms with Gasteiger partial charge in [-0.25, -0.2) is 21.1 Å². The predicted molar refractivity (Wildman–Crippen MR) is 145 cm³/mol. The zero-order valence-electron chi connectivity index (χ0n) is 21.0. The Morgan fingerprint density at radius 1 is 0.868 bits per heavy atom. The number of rotatable bonds is 12. The summed E-state index contributed by atoms with van der Waals surface area (Å²) >= 11 is 6.08. The van der Waals surface area contributed by atoms with Gasteiger partial charge in [0.25, 0.3) is 10.0 Å². The number of hydrogen-bond acceptors (Lipinski definition) is 7. The average Bonchev–Trinajstić information content (AvgIpc) is 2.90. The van der Waals surface area contributed by atoms with Crippen LogP contribution in [0.4, 0.5) is 5.69 Å². The molecule has 0 saturated heterocycles. The Morgan fingerprint density at radius 2 is 1.45 bits per heavy atom. The number of nitrogens with one attached hydrogen (secondary N) is 1. The van der Waals surface area contributed by atoms with Crippen LogP contribution >= 0.6 is 11.6 Å². The molecule has 1 amide bonds. The first kappa shape index (κ1) is 29.2. The molecule has 0 fully saturated rings. The molecule has 38 heavy (non-hydrogen) atoms. The number of methoxy groups -OCH3 is 1. The first-order valence-electron chi connectivity index (χ1n) is 11.3. The fraction of sp³-hybridized carbons (Fsp3) is 0.240. The Balaban J connectivity index is 1.65. The zero-order valence-corrected chi connectivity index (χ0v) is 23.4. The molecule has 0 aromatic heterocycles. The van der Waals surface area contributed by atoms with E-state index in [0.29, 0.717) is 16.5 Å². The highest BCUT2D eigenvalue weighted by Gasteiger charge is 2.27. The van der Waals surface area contributed by atoms with Crippen molar-refractivity contribution in [1.82, 2.24) is 9.62 Å². The molecule has 0 saturated carbocycles. The maximum absolute atomic E-state index is 13.4. The van der Waals surface area contributed by atoms with E-state index in [-0.39, 0.29) is 28.6 Å². The second-order valence-corrected chi connectivity index (χ2v) is 12.6. The number of halogens is 1. The van der Waals surface area contributed by atoms with E-state index in [0.717, 1.165) is 8.61 Å². The number of benzene rings is 3. The lowest BCUT2D eigenvalue weighted by Crippen LogP contribution is -2.41. The van der Waals surface area contributed by atoms with Gasteiger partial charge in [-0.2, -0.15) is 0 Å². The summed E-state index contributed by atoms with van der Waals surface area (Å²) in [7, 11) is -3.30. The smallest absolute Gasteiger partial charge is 0.264 e. The second-order valence-electron chi connectivity index (χ2n) is 8.12. The molecule has 204 valence electrons. The van der Waals surface area contributed by atoms with E-state index < -0.39 is 32.5 Å². The van der Waals surface area contributed by atoms with Crippen molar-refractivity contribution in [2.75, 3.05) is 45.2 Å². The van der Waals surface area contributed by atoms with Gasteiger partial charge in [-0.1, -0.05) is 17.7 Å². The highest BCUT2D eigenvalue weighted by atomic mass is 35.5. The molecule has 3 aromatic rings. The Hall–Kier alpha value is -3.32. The van der Waals surface area contributed by atoms with Gasteiger partial charge in [0, 0.05) is 19.1 Å². The molecule has 3 rings (SSSR count). The zero-order chi connectivity index (χ0) is 27.9. The molecule has 0 bridgehead atoms. The largest absolute Gasteiger partial charge is 0.497 e. The lowest BCUT2D eigenvalue weighted by Gasteiger charge is -2.24. The third kappa shape index (κ3) is 7.16. The Bertz CT molecular complexity index is 1460. The fourth-order valence-corrected chi connectivity index (χ4v) is 5.78. The normalized spacial score (nSPS) is 11.7. The number of amides is 1. The Morgan fingerprint density at radius 3 is 2.00 bits per heavy atom. The van der Waals surface area contributed by atoms with Crippen LogP contribution in [0.2, 0.25) is 5.02 Å².